The number of aromatic nitrogens is 6. The summed E-state index contributed by atoms with van der Waals surface area (Å²) < 4.78 is 14.7. The van der Waals surface area contributed by atoms with Gasteiger partial charge in [0.2, 0.25) is 5.78 Å². The largest absolute Gasteiger partial charge is 0.439 e. The third-order valence-corrected chi connectivity index (χ3v) is 9.77. The van der Waals surface area contributed by atoms with E-state index in [0.717, 1.165) is 65.6 Å². The van der Waals surface area contributed by atoms with Crippen LogP contribution in [0, 0.1) is 0 Å². The van der Waals surface area contributed by atoms with Crippen molar-refractivity contribution in [2.75, 3.05) is 6.61 Å². The third-order valence-electron chi connectivity index (χ3n) is 9.77. The first-order valence-electron chi connectivity index (χ1n) is 15.9. The van der Waals surface area contributed by atoms with Gasteiger partial charge < -0.3 is 9.84 Å². The average molecular weight is 611 g/mol. The van der Waals surface area contributed by atoms with Gasteiger partial charge in [-0.25, -0.2) is 9.31 Å². The number of fused-ring (bicyclic) bond motifs is 1. The maximum Gasteiger partial charge on any atom is 0.439 e. The number of hydrogen-bond donors (Lipinski definition) is 2. The first kappa shape index (κ1) is 29.4. The Morgan fingerprint density at radius 2 is 1.80 bits per heavy atom. The highest BCUT2D eigenvalue weighted by molar-refractivity contribution is 5.80. The summed E-state index contributed by atoms with van der Waals surface area (Å²) in [6.07, 6.45) is 8.05. The Hall–Kier alpha value is -4.35. The molecule has 5 aromatic rings. The Morgan fingerprint density at radius 1 is 1.04 bits per heavy atom. The summed E-state index contributed by atoms with van der Waals surface area (Å²) in [7, 11) is 0. The zero-order valence-corrected chi connectivity index (χ0v) is 25.7. The van der Waals surface area contributed by atoms with E-state index in [0.29, 0.717) is 43.9 Å². The molecule has 7 rings (SSSR count). The SMILES string of the molecule is CCCc1c(Cc2ccc(-c3ccccc3-c3noc(=O)[nH]3)cc2)c(=O)n(C2CCC3(CC2)CC(O)(CC)CO3)c2ncnn12. The molecule has 2 N–H and O–H groups in total. The fourth-order valence-electron chi connectivity index (χ4n) is 7.30. The summed E-state index contributed by atoms with van der Waals surface area (Å²) in [6, 6.07) is 15.8. The molecule has 2 aromatic carbocycles. The van der Waals surface area contributed by atoms with Crippen molar-refractivity contribution < 1.29 is 14.4 Å². The van der Waals surface area contributed by atoms with Crippen molar-refractivity contribution in [2.24, 2.45) is 0 Å². The number of nitrogens with one attached hydrogen (secondary N) is 1. The van der Waals surface area contributed by atoms with Gasteiger partial charge in [-0.15, -0.1) is 0 Å². The Kier molecular flexibility index (Phi) is 7.53. The van der Waals surface area contributed by atoms with Crippen molar-refractivity contribution in [3.8, 4) is 22.5 Å². The minimum Gasteiger partial charge on any atom is -0.387 e. The predicted octanol–water partition coefficient (Wildman–Crippen LogP) is 4.86. The smallest absolute Gasteiger partial charge is 0.387 e. The van der Waals surface area contributed by atoms with Crippen molar-refractivity contribution >= 4 is 5.78 Å². The average Bonchev–Trinajstić information content (AvgIpc) is 3.80. The topological polar surface area (TPSA) is 141 Å². The molecule has 2 aliphatic rings. The quantitative estimate of drug-likeness (QED) is 0.254. The monoisotopic (exact) mass is 610 g/mol. The second-order valence-electron chi connectivity index (χ2n) is 12.6. The van der Waals surface area contributed by atoms with Crippen LogP contribution in [-0.2, 0) is 17.6 Å². The molecule has 1 atom stereocenters. The van der Waals surface area contributed by atoms with E-state index in [1.54, 1.807) is 0 Å². The van der Waals surface area contributed by atoms with Crippen LogP contribution >= 0.6 is 0 Å². The summed E-state index contributed by atoms with van der Waals surface area (Å²) in [5, 5.41) is 19.3. The van der Waals surface area contributed by atoms with Gasteiger partial charge in [0.1, 0.15) is 6.33 Å². The van der Waals surface area contributed by atoms with Crippen LogP contribution in [-0.4, -0.2) is 52.2 Å². The van der Waals surface area contributed by atoms with Crippen LogP contribution in [0.1, 0.15) is 81.7 Å². The van der Waals surface area contributed by atoms with Crippen LogP contribution in [0.2, 0.25) is 0 Å². The van der Waals surface area contributed by atoms with Crippen LogP contribution in [0.3, 0.4) is 0 Å². The van der Waals surface area contributed by atoms with Crippen molar-refractivity contribution in [1.82, 2.24) is 29.3 Å². The molecule has 4 heterocycles. The van der Waals surface area contributed by atoms with E-state index < -0.39 is 11.4 Å². The first-order chi connectivity index (χ1) is 21.8. The van der Waals surface area contributed by atoms with Gasteiger partial charge in [-0.05, 0) is 55.2 Å². The van der Waals surface area contributed by atoms with E-state index in [2.05, 4.69) is 27.1 Å². The van der Waals surface area contributed by atoms with Gasteiger partial charge in [-0.3, -0.25) is 18.9 Å². The number of nitrogens with zero attached hydrogens (tertiary/aromatic N) is 5. The van der Waals surface area contributed by atoms with Crippen LogP contribution in [0.4, 0.5) is 0 Å². The number of aromatic amines is 1. The lowest BCUT2D eigenvalue weighted by molar-refractivity contribution is -0.0384. The van der Waals surface area contributed by atoms with E-state index in [-0.39, 0.29) is 17.2 Å². The molecule has 2 fully saturated rings. The Balaban J connectivity index is 1.21. The molecule has 11 heteroatoms. The van der Waals surface area contributed by atoms with Gasteiger partial charge in [0.05, 0.1) is 23.5 Å². The second-order valence-corrected chi connectivity index (χ2v) is 12.6. The Morgan fingerprint density at radius 3 is 2.47 bits per heavy atom. The molecule has 11 nitrogen and oxygen atoms in total. The Bertz CT molecular complexity index is 1950. The van der Waals surface area contributed by atoms with Gasteiger partial charge in [-0.1, -0.05) is 74.0 Å². The summed E-state index contributed by atoms with van der Waals surface area (Å²) in [5.74, 6) is 0.361. The fraction of sp³-hybridized carbons (Fsp3) is 0.441. The first-order valence-corrected chi connectivity index (χ1v) is 15.9. The zero-order chi connectivity index (χ0) is 31.2. The van der Waals surface area contributed by atoms with Crippen LogP contribution < -0.4 is 11.3 Å². The van der Waals surface area contributed by atoms with E-state index in [1.807, 2.05) is 64.5 Å². The van der Waals surface area contributed by atoms with Gasteiger partial charge in [-0.2, -0.15) is 10.1 Å². The van der Waals surface area contributed by atoms with Crippen molar-refractivity contribution in [3.05, 3.63) is 92.6 Å². The molecule has 1 saturated carbocycles. The molecular formula is C34H38N6O5. The third kappa shape index (κ3) is 5.33. The lowest BCUT2D eigenvalue weighted by Gasteiger charge is -2.37. The van der Waals surface area contributed by atoms with Gasteiger partial charge in [0.15, 0.2) is 5.82 Å². The number of ether oxygens (including phenoxy) is 1. The van der Waals surface area contributed by atoms with Gasteiger partial charge >= 0.3 is 5.76 Å². The molecule has 0 radical (unpaired) electrons. The maximum atomic E-state index is 14.4. The van der Waals surface area contributed by atoms with Gasteiger partial charge in [0, 0.05) is 30.0 Å². The number of benzene rings is 2. The predicted molar refractivity (Wildman–Crippen MR) is 168 cm³/mol. The summed E-state index contributed by atoms with van der Waals surface area (Å²) in [4.78, 5) is 33.2. The summed E-state index contributed by atoms with van der Waals surface area (Å²) in [5.41, 5.74) is 4.18. The molecule has 234 valence electrons. The molecule has 0 bridgehead atoms. The van der Waals surface area contributed by atoms with E-state index in [9.17, 15) is 14.7 Å². The highest BCUT2D eigenvalue weighted by Gasteiger charge is 2.49. The van der Waals surface area contributed by atoms with E-state index >= 15 is 0 Å². The molecular weight excluding hydrogens is 572 g/mol. The van der Waals surface area contributed by atoms with Crippen molar-refractivity contribution in [2.45, 2.75) is 88.9 Å². The highest BCUT2D eigenvalue weighted by Crippen LogP contribution is 2.47. The molecule has 0 amide bonds. The molecule has 1 unspecified atom stereocenters. The summed E-state index contributed by atoms with van der Waals surface area (Å²) >= 11 is 0. The van der Waals surface area contributed by atoms with Crippen LogP contribution in [0.25, 0.3) is 28.3 Å². The molecule has 1 spiro atoms. The number of aliphatic hydroxyl groups is 1. The van der Waals surface area contributed by atoms with Crippen molar-refractivity contribution in [1.29, 1.82) is 0 Å². The molecule has 1 aliphatic heterocycles. The molecule has 1 aliphatic carbocycles. The fourth-order valence-corrected chi connectivity index (χ4v) is 7.30. The van der Waals surface area contributed by atoms with E-state index in [4.69, 9.17) is 9.26 Å². The normalized spacial score (nSPS) is 23.3. The number of H-pyrrole nitrogens is 1. The zero-order valence-electron chi connectivity index (χ0n) is 25.7. The lowest BCUT2D eigenvalue weighted by atomic mass is 9.77. The number of rotatable bonds is 8. The Labute approximate surface area is 259 Å². The minimum atomic E-state index is -0.758. The van der Waals surface area contributed by atoms with Crippen LogP contribution in [0.5, 0.6) is 0 Å². The minimum absolute atomic E-state index is 0.0123. The van der Waals surface area contributed by atoms with E-state index in [1.165, 1.54) is 6.33 Å². The highest BCUT2D eigenvalue weighted by atomic mass is 16.5. The molecule has 1 saturated heterocycles. The summed E-state index contributed by atoms with van der Waals surface area (Å²) in [6.45, 7) is 4.48. The van der Waals surface area contributed by atoms with Crippen molar-refractivity contribution in [3.63, 3.8) is 0 Å². The number of aryl methyl sites for hydroxylation is 1. The lowest BCUT2D eigenvalue weighted by Crippen LogP contribution is -2.40. The maximum absolute atomic E-state index is 14.4. The second kappa shape index (κ2) is 11.5. The van der Waals surface area contributed by atoms with Crippen LogP contribution in [0.15, 0.2) is 69.0 Å². The molecule has 3 aromatic heterocycles. The number of hydrogen-bond acceptors (Lipinski definition) is 8. The molecule has 45 heavy (non-hydrogen) atoms. The standard InChI is InChI=1S/C34H38N6O5/c1-3-7-28-27(18-22-10-12-23(13-11-22)25-8-5-6-9-26(25)29-37-32(42)45-38-29)30(41)39(31-35-21-36-40(28)31)24-14-16-34(17-15-24)19-33(43,4-2)20-44-34/h5-6,8-13,21,24,43H,3-4,7,14-20H2,1-2H3,(H,37,38,42). The van der Waals surface area contributed by atoms with Gasteiger partial charge in [0.25, 0.3) is 5.56 Å².